The summed E-state index contributed by atoms with van der Waals surface area (Å²) in [5.41, 5.74) is 0. The highest BCUT2D eigenvalue weighted by atomic mass is 32.1. The summed E-state index contributed by atoms with van der Waals surface area (Å²) in [6, 6.07) is 10.7. The van der Waals surface area contributed by atoms with E-state index in [9.17, 15) is 0 Å². The molecule has 0 N–H and O–H groups in total. The second kappa shape index (κ2) is 6.99. The van der Waals surface area contributed by atoms with Crippen molar-refractivity contribution in [2.24, 2.45) is 5.92 Å². The number of fused-ring (bicyclic) bond motifs is 1. The Morgan fingerprint density at radius 1 is 1.26 bits per heavy atom. The molecule has 0 aromatic carbocycles. The number of nitrogens with zero attached hydrogens (tertiary/aromatic N) is 2. The molecule has 1 saturated carbocycles. The molecule has 2 aromatic heterocycles. The van der Waals surface area contributed by atoms with Crippen LogP contribution < -0.4 is 4.74 Å². The van der Waals surface area contributed by atoms with Crippen molar-refractivity contribution >= 4 is 11.3 Å². The van der Waals surface area contributed by atoms with Gasteiger partial charge in [-0.15, -0.1) is 11.3 Å². The third-order valence-electron chi connectivity index (χ3n) is 4.79. The predicted molar refractivity (Wildman–Crippen MR) is 90.7 cm³/mol. The first kappa shape index (κ1) is 15.1. The van der Waals surface area contributed by atoms with Crippen molar-refractivity contribution in [2.45, 2.75) is 31.5 Å². The van der Waals surface area contributed by atoms with Crippen LogP contribution in [0.15, 0.2) is 41.9 Å². The monoisotopic (exact) mass is 330 g/mol. The number of hydrogen-bond acceptors (Lipinski definition) is 5. The third kappa shape index (κ3) is 3.57. The van der Waals surface area contributed by atoms with Crippen molar-refractivity contribution in [2.75, 3.05) is 19.8 Å². The van der Waals surface area contributed by atoms with Crippen molar-refractivity contribution in [3.8, 4) is 5.88 Å². The second-order valence-electron chi connectivity index (χ2n) is 6.34. The fourth-order valence-electron chi connectivity index (χ4n) is 3.70. The highest BCUT2D eigenvalue weighted by molar-refractivity contribution is 7.09. The molecule has 1 aliphatic carbocycles. The van der Waals surface area contributed by atoms with Gasteiger partial charge in [-0.05, 0) is 36.3 Å². The molecule has 23 heavy (non-hydrogen) atoms. The van der Waals surface area contributed by atoms with Gasteiger partial charge in [0.15, 0.2) is 0 Å². The van der Waals surface area contributed by atoms with Gasteiger partial charge in [0.1, 0.15) is 0 Å². The molecule has 3 heterocycles. The minimum atomic E-state index is 0.362. The van der Waals surface area contributed by atoms with Gasteiger partial charge in [-0.25, -0.2) is 4.98 Å². The van der Waals surface area contributed by atoms with Gasteiger partial charge in [-0.2, -0.15) is 0 Å². The summed E-state index contributed by atoms with van der Waals surface area (Å²) >= 11 is 1.84. The lowest BCUT2D eigenvalue weighted by Gasteiger charge is -2.37. The molecular weight excluding hydrogens is 308 g/mol. The number of hydrogen-bond donors (Lipinski definition) is 0. The molecule has 122 valence electrons. The molecule has 1 saturated heterocycles. The third-order valence-corrected chi connectivity index (χ3v) is 5.65. The average molecular weight is 330 g/mol. The molecule has 2 aromatic rings. The van der Waals surface area contributed by atoms with E-state index in [1.807, 2.05) is 29.5 Å². The van der Waals surface area contributed by atoms with Gasteiger partial charge in [0, 0.05) is 36.3 Å². The Labute approximate surface area is 141 Å². The van der Waals surface area contributed by atoms with Gasteiger partial charge in [0.2, 0.25) is 5.88 Å². The topological polar surface area (TPSA) is 34.6 Å². The highest BCUT2D eigenvalue weighted by Crippen LogP contribution is 2.35. The van der Waals surface area contributed by atoms with E-state index >= 15 is 0 Å². The molecule has 0 amide bonds. The zero-order valence-corrected chi connectivity index (χ0v) is 14.0. The number of aromatic nitrogens is 1. The second-order valence-corrected chi connectivity index (χ2v) is 7.38. The van der Waals surface area contributed by atoms with Gasteiger partial charge < -0.3 is 9.47 Å². The van der Waals surface area contributed by atoms with Crippen LogP contribution in [0.25, 0.3) is 0 Å². The molecule has 0 radical (unpaired) electrons. The summed E-state index contributed by atoms with van der Waals surface area (Å²) in [6.45, 7) is 3.67. The van der Waals surface area contributed by atoms with Gasteiger partial charge in [-0.3, -0.25) is 4.90 Å². The number of ether oxygens (including phenoxy) is 2. The van der Waals surface area contributed by atoms with Crippen molar-refractivity contribution in [3.05, 3.63) is 46.8 Å². The normalized spacial score (nSPS) is 27.7. The molecule has 0 bridgehead atoms. The van der Waals surface area contributed by atoms with Crippen molar-refractivity contribution in [3.63, 3.8) is 0 Å². The fourth-order valence-corrected chi connectivity index (χ4v) is 4.43. The number of thiophene rings is 1. The summed E-state index contributed by atoms with van der Waals surface area (Å²) < 4.78 is 11.9. The molecule has 2 fully saturated rings. The Morgan fingerprint density at radius 3 is 3.09 bits per heavy atom. The van der Waals surface area contributed by atoms with E-state index in [-0.39, 0.29) is 0 Å². The van der Waals surface area contributed by atoms with Crippen LogP contribution in [-0.2, 0) is 11.3 Å². The van der Waals surface area contributed by atoms with E-state index in [0.717, 1.165) is 45.0 Å². The van der Waals surface area contributed by atoms with Gasteiger partial charge in [-0.1, -0.05) is 12.1 Å². The molecule has 0 unspecified atom stereocenters. The predicted octanol–water partition coefficient (Wildman–Crippen LogP) is 3.20. The van der Waals surface area contributed by atoms with E-state index in [1.54, 1.807) is 6.20 Å². The number of pyridine rings is 1. The zero-order valence-electron chi connectivity index (χ0n) is 13.1. The lowest BCUT2D eigenvalue weighted by atomic mass is 10.1. The fraction of sp³-hybridized carbons (Fsp3) is 0.500. The maximum absolute atomic E-state index is 6.02. The summed E-state index contributed by atoms with van der Waals surface area (Å²) in [5.74, 6) is 1.27. The maximum atomic E-state index is 6.02. The van der Waals surface area contributed by atoms with Crippen LogP contribution in [0, 0.1) is 5.92 Å². The summed E-state index contributed by atoms with van der Waals surface area (Å²) in [7, 11) is 0. The Morgan fingerprint density at radius 2 is 2.26 bits per heavy atom. The lowest BCUT2D eigenvalue weighted by molar-refractivity contribution is -0.0587. The van der Waals surface area contributed by atoms with Crippen LogP contribution in [0.2, 0.25) is 0 Å². The Hall–Kier alpha value is -1.43. The van der Waals surface area contributed by atoms with E-state index in [0.29, 0.717) is 18.1 Å². The lowest BCUT2D eigenvalue weighted by Crippen LogP contribution is -2.47. The number of rotatable bonds is 5. The Bertz CT molecular complexity index is 605. The maximum Gasteiger partial charge on any atom is 0.213 e. The smallest absolute Gasteiger partial charge is 0.213 e. The number of morpholine rings is 1. The van der Waals surface area contributed by atoms with E-state index in [4.69, 9.17) is 9.47 Å². The summed E-state index contributed by atoms with van der Waals surface area (Å²) in [4.78, 5) is 8.27. The molecule has 4 rings (SSSR count). The van der Waals surface area contributed by atoms with Crippen LogP contribution in [-0.4, -0.2) is 41.8 Å². The molecule has 1 aliphatic heterocycles. The standard InChI is InChI=1S/C18H22N2O2S/c1-2-6-19-18(5-1)22-13-14-10-16-17(11-14)21-8-7-20(16)12-15-4-3-9-23-15/h1-6,9,14,16-17H,7-8,10-13H2/t14-,16+,17-/m0/s1. The van der Waals surface area contributed by atoms with Crippen LogP contribution in [0.4, 0.5) is 0 Å². The Kier molecular flexibility index (Phi) is 4.60. The van der Waals surface area contributed by atoms with Gasteiger partial charge >= 0.3 is 0 Å². The zero-order chi connectivity index (χ0) is 15.5. The molecule has 0 spiro atoms. The molecular formula is C18H22N2O2S. The van der Waals surface area contributed by atoms with Crippen LogP contribution in [0.3, 0.4) is 0 Å². The highest BCUT2D eigenvalue weighted by Gasteiger charge is 2.41. The van der Waals surface area contributed by atoms with Crippen molar-refractivity contribution < 1.29 is 9.47 Å². The minimum Gasteiger partial charge on any atom is -0.477 e. The van der Waals surface area contributed by atoms with Crippen LogP contribution in [0.1, 0.15) is 17.7 Å². The summed E-state index contributed by atoms with van der Waals surface area (Å²) in [6.07, 6.45) is 4.39. The van der Waals surface area contributed by atoms with Crippen molar-refractivity contribution in [1.29, 1.82) is 0 Å². The van der Waals surface area contributed by atoms with Crippen LogP contribution in [0.5, 0.6) is 5.88 Å². The van der Waals surface area contributed by atoms with E-state index in [1.165, 1.54) is 4.88 Å². The van der Waals surface area contributed by atoms with E-state index in [2.05, 4.69) is 27.4 Å². The quantitative estimate of drug-likeness (QED) is 0.843. The SMILES string of the molecule is c1ccc(OC[C@@H]2C[C@@H]3OCCN(Cc4cccs4)[C@@H]3C2)nc1. The molecule has 4 nitrogen and oxygen atoms in total. The summed E-state index contributed by atoms with van der Waals surface area (Å²) in [5, 5.41) is 2.16. The first-order valence-corrected chi connectivity index (χ1v) is 9.18. The minimum absolute atomic E-state index is 0.362. The first-order chi connectivity index (χ1) is 11.4. The Balaban J connectivity index is 1.35. The van der Waals surface area contributed by atoms with Gasteiger partial charge in [0.05, 0.1) is 19.3 Å². The molecule has 3 atom stereocenters. The average Bonchev–Trinajstić information content (AvgIpc) is 3.23. The molecule has 2 aliphatic rings. The van der Waals surface area contributed by atoms with Crippen LogP contribution >= 0.6 is 11.3 Å². The van der Waals surface area contributed by atoms with Gasteiger partial charge in [0.25, 0.3) is 0 Å². The van der Waals surface area contributed by atoms with Crippen molar-refractivity contribution in [1.82, 2.24) is 9.88 Å². The largest absolute Gasteiger partial charge is 0.477 e. The molecule has 5 heteroatoms. The first-order valence-electron chi connectivity index (χ1n) is 8.30. The van der Waals surface area contributed by atoms with E-state index < -0.39 is 0 Å².